The lowest BCUT2D eigenvalue weighted by molar-refractivity contribution is 0.101. The Labute approximate surface area is 103 Å². The van der Waals surface area contributed by atoms with E-state index in [1.165, 1.54) is 12.3 Å². The van der Waals surface area contributed by atoms with E-state index < -0.39 is 23.1 Å². The SMILES string of the molecule is O=C(Nc1ccn[nH]1)c1c(F)cc(Br)cc1F. The normalized spacial score (nSPS) is 10.3. The molecule has 0 saturated carbocycles. The van der Waals surface area contributed by atoms with Crippen LogP contribution in [0, 0.1) is 11.6 Å². The van der Waals surface area contributed by atoms with Gasteiger partial charge in [-0.15, -0.1) is 0 Å². The summed E-state index contributed by atoms with van der Waals surface area (Å²) in [7, 11) is 0. The fourth-order valence-corrected chi connectivity index (χ4v) is 1.67. The van der Waals surface area contributed by atoms with Gasteiger partial charge in [-0.1, -0.05) is 15.9 Å². The van der Waals surface area contributed by atoms with Gasteiger partial charge in [0.15, 0.2) is 0 Å². The van der Waals surface area contributed by atoms with Gasteiger partial charge in [0.05, 0.1) is 6.20 Å². The van der Waals surface area contributed by atoms with Crippen LogP contribution in [0.25, 0.3) is 0 Å². The lowest BCUT2D eigenvalue weighted by Gasteiger charge is -2.05. The van der Waals surface area contributed by atoms with Gasteiger partial charge in [0.2, 0.25) is 0 Å². The summed E-state index contributed by atoms with van der Waals surface area (Å²) >= 11 is 2.93. The van der Waals surface area contributed by atoms with Gasteiger partial charge in [0, 0.05) is 10.5 Å². The van der Waals surface area contributed by atoms with Crippen molar-refractivity contribution in [1.29, 1.82) is 0 Å². The van der Waals surface area contributed by atoms with Gasteiger partial charge in [-0.25, -0.2) is 8.78 Å². The highest BCUT2D eigenvalue weighted by Crippen LogP contribution is 2.20. The fraction of sp³-hybridized carbons (Fsp3) is 0. The molecule has 2 rings (SSSR count). The number of amides is 1. The predicted molar refractivity (Wildman–Crippen MR) is 60.6 cm³/mol. The summed E-state index contributed by atoms with van der Waals surface area (Å²) in [6.45, 7) is 0. The number of aromatic nitrogens is 2. The molecule has 0 fully saturated rings. The molecule has 1 aromatic heterocycles. The second kappa shape index (κ2) is 4.62. The third-order valence-corrected chi connectivity index (χ3v) is 2.44. The van der Waals surface area contributed by atoms with Crippen LogP contribution in [0.2, 0.25) is 0 Å². The van der Waals surface area contributed by atoms with E-state index in [1.54, 1.807) is 0 Å². The van der Waals surface area contributed by atoms with E-state index in [-0.39, 0.29) is 10.3 Å². The highest BCUT2D eigenvalue weighted by Gasteiger charge is 2.18. The smallest absolute Gasteiger partial charge is 0.262 e. The Bertz CT molecular complexity index is 534. The summed E-state index contributed by atoms with van der Waals surface area (Å²) in [5, 5.41) is 8.33. The Kier molecular flexibility index (Phi) is 3.19. The number of carbonyl (C=O) groups is 1. The first-order chi connectivity index (χ1) is 8.08. The van der Waals surface area contributed by atoms with Gasteiger partial charge in [0.1, 0.15) is 23.0 Å². The van der Waals surface area contributed by atoms with Gasteiger partial charge >= 0.3 is 0 Å². The third kappa shape index (κ3) is 2.50. The van der Waals surface area contributed by atoms with Gasteiger partial charge < -0.3 is 5.32 Å². The molecule has 2 N–H and O–H groups in total. The van der Waals surface area contributed by atoms with Crippen LogP contribution in [0.3, 0.4) is 0 Å². The van der Waals surface area contributed by atoms with E-state index in [1.807, 2.05) is 0 Å². The van der Waals surface area contributed by atoms with E-state index in [0.29, 0.717) is 0 Å². The number of hydrogen-bond donors (Lipinski definition) is 2. The van der Waals surface area contributed by atoms with Gasteiger partial charge in [-0.2, -0.15) is 5.10 Å². The second-order valence-electron chi connectivity index (χ2n) is 3.17. The summed E-state index contributed by atoms with van der Waals surface area (Å²) in [6, 6.07) is 3.50. The number of nitrogens with zero attached hydrogens (tertiary/aromatic N) is 1. The zero-order valence-corrected chi connectivity index (χ0v) is 9.88. The molecule has 0 atom stereocenters. The van der Waals surface area contributed by atoms with E-state index in [9.17, 15) is 13.6 Å². The minimum Gasteiger partial charge on any atom is -0.307 e. The van der Waals surface area contributed by atoms with Crippen molar-refractivity contribution in [3.8, 4) is 0 Å². The van der Waals surface area contributed by atoms with Gasteiger partial charge in [-0.3, -0.25) is 9.89 Å². The van der Waals surface area contributed by atoms with E-state index in [0.717, 1.165) is 12.1 Å². The highest BCUT2D eigenvalue weighted by molar-refractivity contribution is 9.10. The van der Waals surface area contributed by atoms with Crippen molar-refractivity contribution in [2.45, 2.75) is 0 Å². The van der Waals surface area contributed by atoms with Crippen LogP contribution in [0.4, 0.5) is 14.6 Å². The average Bonchev–Trinajstić information content (AvgIpc) is 2.68. The Balaban J connectivity index is 2.31. The summed E-state index contributed by atoms with van der Waals surface area (Å²) in [4.78, 5) is 11.6. The molecule has 1 aromatic carbocycles. The first-order valence-corrected chi connectivity index (χ1v) is 5.32. The van der Waals surface area contributed by atoms with Gasteiger partial charge in [-0.05, 0) is 12.1 Å². The molecule has 7 heteroatoms. The van der Waals surface area contributed by atoms with Crippen LogP contribution < -0.4 is 5.32 Å². The number of halogens is 3. The first-order valence-electron chi connectivity index (χ1n) is 4.53. The van der Waals surface area contributed by atoms with Crippen LogP contribution in [-0.2, 0) is 0 Å². The van der Waals surface area contributed by atoms with Gasteiger partial charge in [0.25, 0.3) is 5.91 Å². The molecule has 88 valence electrons. The van der Waals surface area contributed by atoms with Crippen LogP contribution in [-0.4, -0.2) is 16.1 Å². The maximum atomic E-state index is 13.4. The van der Waals surface area contributed by atoms with Crippen molar-refractivity contribution in [1.82, 2.24) is 10.2 Å². The number of carbonyl (C=O) groups excluding carboxylic acids is 1. The number of benzene rings is 1. The molecule has 0 bridgehead atoms. The quantitative estimate of drug-likeness (QED) is 0.896. The molecule has 0 unspecified atom stereocenters. The summed E-state index contributed by atoms with van der Waals surface area (Å²) in [5.74, 6) is -2.49. The van der Waals surface area contributed by atoms with Crippen molar-refractivity contribution in [3.05, 3.63) is 46.1 Å². The Hall–Kier alpha value is -1.76. The fourth-order valence-electron chi connectivity index (χ4n) is 1.27. The zero-order valence-electron chi connectivity index (χ0n) is 8.30. The molecule has 1 heterocycles. The molecule has 2 aromatic rings. The van der Waals surface area contributed by atoms with Crippen molar-refractivity contribution in [2.24, 2.45) is 0 Å². The van der Waals surface area contributed by atoms with Crippen LogP contribution in [0.15, 0.2) is 28.9 Å². The Morgan fingerprint density at radius 1 is 1.35 bits per heavy atom. The maximum absolute atomic E-state index is 13.4. The summed E-state index contributed by atoms with van der Waals surface area (Å²) in [6.07, 6.45) is 1.41. The molecule has 0 spiro atoms. The number of anilines is 1. The standard InChI is InChI=1S/C10H6BrF2N3O/c11-5-3-6(12)9(7(13)4-5)10(17)15-8-1-2-14-16-8/h1-4H,(H2,14,15,16,17). The number of hydrogen-bond acceptors (Lipinski definition) is 2. The van der Waals surface area contributed by atoms with E-state index in [4.69, 9.17) is 0 Å². The molecule has 17 heavy (non-hydrogen) atoms. The molecule has 0 radical (unpaired) electrons. The maximum Gasteiger partial charge on any atom is 0.262 e. The van der Waals surface area contributed by atoms with Crippen molar-refractivity contribution < 1.29 is 13.6 Å². The summed E-state index contributed by atoms with van der Waals surface area (Å²) in [5.41, 5.74) is -0.636. The van der Waals surface area contributed by atoms with Crippen molar-refractivity contribution in [3.63, 3.8) is 0 Å². The number of nitrogens with one attached hydrogen (secondary N) is 2. The third-order valence-electron chi connectivity index (χ3n) is 1.98. The number of aromatic amines is 1. The minimum atomic E-state index is -0.936. The molecule has 1 amide bonds. The number of rotatable bonds is 2. The highest BCUT2D eigenvalue weighted by atomic mass is 79.9. The predicted octanol–water partition coefficient (Wildman–Crippen LogP) is 2.70. The minimum absolute atomic E-state index is 0.227. The molecular formula is C10H6BrF2N3O. The van der Waals surface area contributed by atoms with Crippen molar-refractivity contribution in [2.75, 3.05) is 5.32 Å². The first kappa shape index (κ1) is 11.7. The largest absolute Gasteiger partial charge is 0.307 e. The molecule has 0 saturated heterocycles. The Morgan fingerprint density at radius 3 is 2.53 bits per heavy atom. The molecule has 0 aliphatic rings. The van der Waals surface area contributed by atoms with E-state index in [2.05, 4.69) is 31.4 Å². The van der Waals surface area contributed by atoms with Crippen molar-refractivity contribution >= 4 is 27.7 Å². The van der Waals surface area contributed by atoms with Crippen LogP contribution >= 0.6 is 15.9 Å². The van der Waals surface area contributed by atoms with Crippen LogP contribution in [0.1, 0.15) is 10.4 Å². The molecule has 4 nitrogen and oxygen atoms in total. The zero-order chi connectivity index (χ0) is 12.4. The topological polar surface area (TPSA) is 57.8 Å². The lowest BCUT2D eigenvalue weighted by atomic mass is 10.2. The average molecular weight is 302 g/mol. The monoisotopic (exact) mass is 301 g/mol. The molecule has 0 aliphatic carbocycles. The second-order valence-corrected chi connectivity index (χ2v) is 4.08. The van der Waals surface area contributed by atoms with Crippen LogP contribution in [0.5, 0.6) is 0 Å². The molecule has 0 aliphatic heterocycles. The lowest BCUT2D eigenvalue weighted by Crippen LogP contribution is -2.16. The van der Waals surface area contributed by atoms with E-state index >= 15 is 0 Å². The molecular weight excluding hydrogens is 296 g/mol. The number of H-pyrrole nitrogens is 1. The summed E-state index contributed by atoms with van der Waals surface area (Å²) < 4.78 is 27.1. The Morgan fingerprint density at radius 2 is 2.00 bits per heavy atom.